The Hall–Kier alpha value is -3.78. The maximum absolute atomic E-state index is 12.7. The number of nitrogens with zero attached hydrogens (tertiary/aromatic N) is 3. The van der Waals surface area contributed by atoms with E-state index in [1.807, 2.05) is 49.5 Å². The fraction of sp³-hybridized carbons (Fsp3) is 0.0909. The third kappa shape index (κ3) is 3.85. The number of aromatic nitrogens is 3. The van der Waals surface area contributed by atoms with Gasteiger partial charge in [0.15, 0.2) is 0 Å². The zero-order chi connectivity index (χ0) is 21.1. The van der Waals surface area contributed by atoms with Crippen LogP contribution in [0.25, 0.3) is 16.3 Å². The Morgan fingerprint density at radius 2 is 1.83 bits per heavy atom. The van der Waals surface area contributed by atoms with Crippen molar-refractivity contribution in [3.05, 3.63) is 83.1 Å². The Balaban J connectivity index is 1.56. The Morgan fingerprint density at radius 3 is 2.60 bits per heavy atom. The molecule has 0 aliphatic carbocycles. The molecule has 0 spiro atoms. The van der Waals surface area contributed by atoms with Gasteiger partial charge in [-0.1, -0.05) is 30.3 Å². The number of aryl methyl sites for hydroxylation is 1. The van der Waals surface area contributed by atoms with Gasteiger partial charge in [-0.15, -0.1) is 11.3 Å². The minimum atomic E-state index is -0.372. The topological polar surface area (TPSA) is 88.9 Å². The molecule has 0 atom stereocenters. The van der Waals surface area contributed by atoms with Gasteiger partial charge in [0.1, 0.15) is 10.7 Å². The first-order chi connectivity index (χ1) is 14.6. The third-order valence-corrected chi connectivity index (χ3v) is 5.45. The Labute approximate surface area is 177 Å². The largest absolute Gasteiger partial charge is 0.355 e. The van der Waals surface area contributed by atoms with E-state index in [0.29, 0.717) is 16.3 Å². The minimum absolute atomic E-state index is 0.254. The fourth-order valence-corrected chi connectivity index (χ4v) is 3.83. The summed E-state index contributed by atoms with van der Waals surface area (Å²) in [6.07, 6.45) is 3.60. The molecule has 150 valence electrons. The predicted molar refractivity (Wildman–Crippen MR) is 117 cm³/mol. The number of rotatable bonds is 5. The zero-order valence-electron chi connectivity index (χ0n) is 16.4. The smallest absolute Gasteiger partial charge is 0.275 e. The molecule has 2 N–H and O–H groups in total. The highest BCUT2D eigenvalue weighted by molar-refractivity contribution is 7.13. The van der Waals surface area contributed by atoms with Gasteiger partial charge in [-0.05, 0) is 30.7 Å². The van der Waals surface area contributed by atoms with Crippen molar-refractivity contribution < 1.29 is 9.59 Å². The average molecular weight is 417 g/mol. The summed E-state index contributed by atoms with van der Waals surface area (Å²) in [6.45, 7) is 1.82. The van der Waals surface area contributed by atoms with E-state index in [0.717, 1.165) is 16.8 Å². The molecule has 0 saturated carbocycles. The molecule has 0 aliphatic rings. The van der Waals surface area contributed by atoms with E-state index < -0.39 is 0 Å². The van der Waals surface area contributed by atoms with E-state index in [-0.39, 0.29) is 17.5 Å². The number of carbonyl (C=O) groups is 2. The number of para-hydroxylation sites is 1. The van der Waals surface area contributed by atoms with Gasteiger partial charge in [-0.25, -0.2) is 9.67 Å². The van der Waals surface area contributed by atoms with Gasteiger partial charge in [0, 0.05) is 24.2 Å². The maximum Gasteiger partial charge on any atom is 0.275 e. The Bertz CT molecular complexity index is 1210. The van der Waals surface area contributed by atoms with Crippen molar-refractivity contribution in [2.75, 3.05) is 12.4 Å². The maximum atomic E-state index is 12.7. The van der Waals surface area contributed by atoms with Crippen LogP contribution in [-0.2, 0) is 0 Å². The van der Waals surface area contributed by atoms with E-state index in [4.69, 9.17) is 0 Å². The van der Waals surface area contributed by atoms with Crippen molar-refractivity contribution in [1.82, 2.24) is 20.1 Å². The van der Waals surface area contributed by atoms with Crippen LogP contribution in [0.1, 0.15) is 26.4 Å². The number of carbonyl (C=O) groups excluding carboxylic acids is 2. The summed E-state index contributed by atoms with van der Waals surface area (Å²) in [5.74, 6) is -0.626. The molecule has 4 rings (SSSR count). The van der Waals surface area contributed by atoms with Crippen LogP contribution in [0.5, 0.6) is 0 Å². The highest BCUT2D eigenvalue weighted by atomic mass is 32.1. The van der Waals surface area contributed by atoms with Crippen LogP contribution in [0, 0.1) is 6.92 Å². The molecule has 0 unspecified atom stereocenters. The lowest BCUT2D eigenvalue weighted by Crippen LogP contribution is -2.22. The van der Waals surface area contributed by atoms with Gasteiger partial charge in [0.2, 0.25) is 0 Å². The molecule has 2 aromatic heterocycles. The second kappa shape index (κ2) is 8.30. The van der Waals surface area contributed by atoms with Crippen LogP contribution in [-0.4, -0.2) is 33.6 Å². The van der Waals surface area contributed by atoms with Gasteiger partial charge >= 0.3 is 0 Å². The van der Waals surface area contributed by atoms with Crippen molar-refractivity contribution >= 4 is 28.8 Å². The van der Waals surface area contributed by atoms with Gasteiger partial charge < -0.3 is 10.6 Å². The summed E-state index contributed by atoms with van der Waals surface area (Å²) in [4.78, 5) is 29.4. The standard InChI is InChI=1S/C22H19N5O2S/c1-14-7-6-10-17(19(14)21(29)23-2)25-20(28)18-13-30-22(26-18)15-11-24-27(12-15)16-8-4-3-5-9-16/h3-13H,1-2H3,(H,23,29)(H,25,28). The van der Waals surface area contributed by atoms with Crippen molar-refractivity contribution in [2.45, 2.75) is 6.92 Å². The minimum Gasteiger partial charge on any atom is -0.355 e. The van der Waals surface area contributed by atoms with Crippen LogP contribution in [0.4, 0.5) is 5.69 Å². The number of hydrogen-bond acceptors (Lipinski definition) is 5. The predicted octanol–water partition coefficient (Wildman–Crippen LogP) is 3.92. The van der Waals surface area contributed by atoms with Crippen LogP contribution in [0.15, 0.2) is 66.3 Å². The Morgan fingerprint density at radius 1 is 1.03 bits per heavy atom. The van der Waals surface area contributed by atoms with Crippen LogP contribution >= 0.6 is 11.3 Å². The highest BCUT2D eigenvalue weighted by Gasteiger charge is 2.18. The molecule has 7 nitrogen and oxygen atoms in total. The molecular weight excluding hydrogens is 398 g/mol. The van der Waals surface area contributed by atoms with Crippen molar-refractivity contribution in [2.24, 2.45) is 0 Å². The second-order valence-corrected chi connectivity index (χ2v) is 7.44. The highest BCUT2D eigenvalue weighted by Crippen LogP contribution is 2.25. The summed E-state index contributed by atoms with van der Waals surface area (Å²) in [5, 5.41) is 12.2. The summed E-state index contributed by atoms with van der Waals surface area (Å²) in [7, 11) is 1.56. The first-order valence-corrected chi connectivity index (χ1v) is 10.1. The molecule has 0 bridgehead atoms. The number of nitrogens with one attached hydrogen (secondary N) is 2. The number of benzene rings is 2. The average Bonchev–Trinajstić information content (AvgIpc) is 3.44. The fourth-order valence-electron chi connectivity index (χ4n) is 3.05. The van der Waals surface area contributed by atoms with Crippen LogP contribution < -0.4 is 10.6 Å². The van der Waals surface area contributed by atoms with Crippen molar-refractivity contribution in [3.8, 4) is 16.3 Å². The lowest BCUT2D eigenvalue weighted by atomic mass is 10.1. The summed E-state index contributed by atoms with van der Waals surface area (Å²) >= 11 is 1.36. The SMILES string of the molecule is CNC(=O)c1c(C)cccc1NC(=O)c1csc(-c2cnn(-c3ccccc3)c2)n1. The van der Waals surface area contributed by atoms with Crippen LogP contribution in [0.2, 0.25) is 0 Å². The first-order valence-electron chi connectivity index (χ1n) is 9.26. The first kappa shape index (κ1) is 19.5. The number of thiazole rings is 1. The van der Waals surface area contributed by atoms with Gasteiger partial charge in [0.25, 0.3) is 11.8 Å². The number of hydrogen-bond donors (Lipinski definition) is 2. The van der Waals surface area contributed by atoms with E-state index in [1.165, 1.54) is 11.3 Å². The zero-order valence-corrected chi connectivity index (χ0v) is 17.2. The molecule has 0 radical (unpaired) electrons. The van der Waals surface area contributed by atoms with E-state index in [1.54, 1.807) is 35.4 Å². The normalized spacial score (nSPS) is 10.6. The number of amides is 2. The Kier molecular flexibility index (Phi) is 5.40. The molecular formula is C22H19N5O2S. The monoisotopic (exact) mass is 417 g/mol. The third-order valence-electron chi connectivity index (χ3n) is 4.56. The second-order valence-electron chi connectivity index (χ2n) is 6.58. The van der Waals surface area contributed by atoms with Gasteiger partial charge in [0.05, 0.1) is 23.1 Å². The molecule has 0 fully saturated rings. The molecule has 4 aromatic rings. The quantitative estimate of drug-likeness (QED) is 0.515. The molecule has 0 aliphatic heterocycles. The van der Waals surface area contributed by atoms with Crippen molar-refractivity contribution in [3.63, 3.8) is 0 Å². The van der Waals surface area contributed by atoms with E-state index >= 15 is 0 Å². The van der Waals surface area contributed by atoms with Gasteiger partial charge in [-0.3, -0.25) is 9.59 Å². The lowest BCUT2D eigenvalue weighted by molar-refractivity contribution is 0.0963. The number of anilines is 1. The summed E-state index contributed by atoms with van der Waals surface area (Å²) in [5.41, 5.74) is 3.72. The molecule has 2 amide bonds. The molecule has 2 aromatic carbocycles. The van der Waals surface area contributed by atoms with Crippen LogP contribution in [0.3, 0.4) is 0 Å². The molecule has 30 heavy (non-hydrogen) atoms. The van der Waals surface area contributed by atoms with E-state index in [2.05, 4.69) is 20.7 Å². The molecule has 2 heterocycles. The van der Waals surface area contributed by atoms with Gasteiger partial charge in [-0.2, -0.15) is 5.10 Å². The van der Waals surface area contributed by atoms with Crippen molar-refractivity contribution in [1.29, 1.82) is 0 Å². The lowest BCUT2D eigenvalue weighted by Gasteiger charge is -2.11. The molecule has 8 heteroatoms. The summed E-state index contributed by atoms with van der Waals surface area (Å²) < 4.78 is 1.76. The van der Waals surface area contributed by atoms with E-state index in [9.17, 15) is 9.59 Å². The summed E-state index contributed by atoms with van der Waals surface area (Å²) in [6, 6.07) is 15.1. The molecule has 0 saturated heterocycles.